The number of carbonyl (C=O) groups is 1. The minimum atomic E-state index is -0.291. The molecule has 8 nitrogen and oxygen atoms in total. The lowest BCUT2D eigenvalue weighted by Crippen LogP contribution is -2.16. The van der Waals surface area contributed by atoms with E-state index in [0.29, 0.717) is 47.1 Å². The highest BCUT2D eigenvalue weighted by molar-refractivity contribution is 7.14. The summed E-state index contributed by atoms with van der Waals surface area (Å²) in [4.78, 5) is 16.9. The Bertz CT molecular complexity index is 1160. The normalized spacial score (nSPS) is 14.0. The van der Waals surface area contributed by atoms with Crippen molar-refractivity contribution >= 4 is 28.5 Å². The van der Waals surface area contributed by atoms with Crippen LogP contribution in [0, 0.1) is 0 Å². The summed E-state index contributed by atoms with van der Waals surface area (Å²) < 4.78 is 27.3. The monoisotopic (exact) mass is 438 g/mol. The predicted octanol–water partition coefficient (Wildman–Crippen LogP) is 3.97. The Balaban J connectivity index is 1.28. The number of ether oxygens (including phenoxy) is 5. The van der Waals surface area contributed by atoms with Crippen LogP contribution in [-0.4, -0.2) is 38.0 Å². The topological polar surface area (TPSA) is 88.1 Å². The molecule has 0 fully saturated rings. The van der Waals surface area contributed by atoms with E-state index in [1.165, 1.54) is 17.4 Å². The molecule has 3 aromatic rings. The van der Waals surface area contributed by atoms with Crippen LogP contribution in [0.15, 0.2) is 41.8 Å². The number of anilines is 1. The molecule has 0 bridgehead atoms. The number of thiazole rings is 1. The first-order valence-corrected chi connectivity index (χ1v) is 10.4. The van der Waals surface area contributed by atoms with Crippen LogP contribution in [0.25, 0.3) is 17.3 Å². The quantitative estimate of drug-likeness (QED) is 0.603. The smallest absolute Gasteiger partial charge is 0.250 e. The number of methoxy groups -OCH3 is 1. The van der Waals surface area contributed by atoms with Crippen LogP contribution < -0.4 is 29.0 Å². The molecule has 3 heterocycles. The number of hydrogen-bond donors (Lipinski definition) is 1. The van der Waals surface area contributed by atoms with Crippen LogP contribution >= 0.6 is 11.3 Å². The maximum Gasteiger partial charge on any atom is 0.250 e. The van der Waals surface area contributed by atoms with E-state index in [1.807, 2.05) is 29.6 Å². The van der Waals surface area contributed by atoms with Gasteiger partial charge in [0, 0.05) is 17.0 Å². The summed E-state index contributed by atoms with van der Waals surface area (Å²) in [6.45, 7) is 1.17. The van der Waals surface area contributed by atoms with Gasteiger partial charge in [-0.05, 0) is 42.0 Å². The average Bonchev–Trinajstić information content (AvgIpc) is 3.46. The molecule has 9 heteroatoms. The molecule has 1 aromatic heterocycles. The number of rotatable bonds is 5. The van der Waals surface area contributed by atoms with Gasteiger partial charge in [-0.15, -0.1) is 11.3 Å². The van der Waals surface area contributed by atoms with Crippen molar-refractivity contribution in [3.05, 3.63) is 47.4 Å². The highest BCUT2D eigenvalue weighted by Gasteiger charge is 2.18. The van der Waals surface area contributed by atoms with E-state index in [-0.39, 0.29) is 12.7 Å². The highest BCUT2D eigenvalue weighted by atomic mass is 32.1. The molecule has 1 amide bonds. The summed E-state index contributed by atoms with van der Waals surface area (Å²) in [6.07, 6.45) is 3.12. The van der Waals surface area contributed by atoms with Crippen molar-refractivity contribution in [2.45, 2.75) is 0 Å². The zero-order chi connectivity index (χ0) is 21.2. The summed E-state index contributed by atoms with van der Waals surface area (Å²) in [7, 11) is 1.56. The van der Waals surface area contributed by atoms with Crippen molar-refractivity contribution in [2.75, 3.05) is 32.4 Å². The lowest BCUT2D eigenvalue weighted by Gasteiger charge is -2.20. The van der Waals surface area contributed by atoms with Crippen molar-refractivity contribution in [2.24, 2.45) is 0 Å². The second kappa shape index (κ2) is 8.19. The van der Waals surface area contributed by atoms with Crippen molar-refractivity contribution in [1.82, 2.24) is 4.98 Å². The second-order valence-corrected chi connectivity index (χ2v) is 7.53. The molecule has 2 aromatic carbocycles. The van der Waals surface area contributed by atoms with Crippen LogP contribution in [-0.2, 0) is 4.79 Å². The lowest BCUT2D eigenvalue weighted by atomic mass is 10.1. The van der Waals surface area contributed by atoms with Crippen LogP contribution in [0.2, 0.25) is 0 Å². The SMILES string of the molecule is COc1cc(/C=C/C(=O)Nc2nc(-c3ccc4c(c3)OCO4)cs2)cc2c1OCCO2. The molecule has 0 atom stereocenters. The predicted molar refractivity (Wildman–Crippen MR) is 115 cm³/mol. The number of amides is 1. The van der Waals surface area contributed by atoms with Gasteiger partial charge in [0.05, 0.1) is 12.8 Å². The summed E-state index contributed by atoms with van der Waals surface area (Å²) >= 11 is 1.35. The van der Waals surface area contributed by atoms with Crippen LogP contribution in [0.4, 0.5) is 5.13 Å². The second-order valence-electron chi connectivity index (χ2n) is 6.68. The van der Waals surface area contributed by atoms with Gasteiger partial charge in [-0.3, -0.25) is 10.1 Å². The van der Waals surface area contributed by atoms with Crippen LogP contribution in [0.5, 0.6) is 28.7 Å². The highest BCUT2D eigenvalue weighted by Crippen LogP contribution is 2.40. The van der Waals surface area contributed by atoms with Crippen molar-refractivity contribution in [3.63, 3.8) is 0 Å². The molecule has 1 N–H and O–H groups in total. The third-order valence-electron chi connectivity index (χ3n) is 4.68. The molecule has 0 radical (unpaired) electrons. The van der Waals surface area contributed by atoms with Gasteiger partial charge in [-0.25, -0.2) is 4.98 Å². The molecule has 0 saturated heterocycles. The Morgan fingerprint density at radius 2 is 1.97 bits per heavy atom. The Kier molecular flexibility index (Phi) is 5.09. The van der Waals surface area contributed by atoms with E-state index >= 15 is 0 Å². The largest absolute Gasteiger partial charge is 0.493 e. The van der Waals surface area contributed by atoms with Gasteiger partial charge in [0.2, 0.25) is 18.4 Å². The third kappa shape index (κ3) is 3.99. The molecular formula is C22H18N2O6S. The Labute approximate surface area is 182 Å². The van der Waals surface area contributed by atoms with Crippen molar-refractivity contribution in [3.8, 4) is 40.0 Å². The molecule has 0 aliphatic carbocycles. The Morgan fingerprint density at radius 1 is 1.10 bits per heavy atom. The van der Waals surface area contributed by atoms with E-state index in [0.717, 1.165) is 16.8 Å². The number of fused-ring (bicyclic) bond motifs is 2. The first-order chi connectivity index (χ1) is 15.2. The van der Waals surface area contributed by atoms with Gasteiger partial charge in [0.15, 0.2) is 28.1 Å². The Morgan fingerprint density at radius 3 is 2.87 bits per heavy atom. The molecule has 31 heavy (non-hydrogen) atoms. The first kappa shape index (κ1) is 19.3. The first-order valence-electron chi connectivity index (χ1n) is 9.52. The van der Waals surface area contributed by atoms with Gasteiger partial charge in [0.25, 0.3) is 0 Å². The van der Waals surface area contributed by atoms with E-state index in [9.17, 15) is 4.79 Å². The van der Waals surface area contributed by atoms with Gasteiger partial charge >= 0.3 is 0 Å². The van der Waals surface area contributed by atoms with E-state index in [4.69, 9.17) is 23.7 Å². The number of hydrogen-bond acceptors (Lipinski definition) is 8. The summed E-state index contributed by atoms with van der Waals surface area (Å²) in [5.41, 5.74) is 2.40. The van der Waals surface area contributed by atoms with Crippen LogP contribution in [0.1, 0.15) is 5.56 Å². The molecule has 0 spiro atoms. The number of aromatic nitrogens is 1. The molecule has 158 valence electrons. The van der Waals surface area contributed by atoms with Crippen molar-refractivity contribution in [1.29, 1.82) is 0 Å². The summed E-state index contributed by atoms with van der Waals surface area (Å²) in [6, 6.07) is 9.22. The van der Waals surface area contributed by atoms with Gasteiger partial charge in [-0.2, -0.15) is 0 Å². The molecule has 0 unspecified atom stereocenters. The molecule has 5 rings (SSSR count). The molecule has 2 aliphatic heterocycles. The molecular weight excluding hydrogens is 420 g/mol. The average molecular weight is 438 g/mol. The zero-order valence-electron chi connectivity index (χ0n) is 16.5. The van der Waals surface area contributed by atoms with E-state index in [1.54, 1.807) is 19.3 Å². The third-order valence-corrected chi connectivity index (χ3v) is 5.44. The molecule has 2 aliphatic rings. The van der Waals surface area contributed by atoms with Gasteiger partial charge in [0.1, 0.15) is 13.2 Å². The zero-order valence-corrected chi connectivity index (χ0v) is 17.4. The maximum absolute atomic E-state index is 12.4. The van der Waals surface area contributed by atoms with Crippen molar-refractivity contribution < 1.29 is 28.5 Å². The minimum Gasteiger partial charge on any atom is -0.493 e. The Hall–Kier alpha value is -3.72. The fraction of sp³-hybridized carbons (Fsp3) is 0.182. The minimum absolute atomic E-state index is 0.221. The van der Waals surface area contributed by atoms with Crippen LogP contribution in [0.3, 0.4) is 0 Å². The molecule has 0 saturated carbocycles. The van der Waals surface area contributed by atoms with Gasteiger partial charge in [-0.1, -0.05) is 0 Å². The van der Waals surface area contributed by atoms with E-state index in [2.05, 4.69) is 10.3 Å². The number of carbonyl (C=O) groups excluding carboxylic acids is 1. The fourth-order valence-electron chi connectivity index (χ4n) is 3.23. The number of nitrogens with one attached hydrogen (secondary N) is 1. The summed E-state index contributed by atoms with van der Waals surface area (Å²) in [5.74, 6) is 2.85. The standard InChI is InChI=1S/C22H18N2O6S/c1-26-18-8-13(9-19-21(18)28-7-6-27-19)2-5-20(25)24-22-23-15(11-31-22)14-3-4-16-17(10-14)30-12-29-16/h2-5,8-11H,6-7,12H2,1H3,(H,23,24,25)/b5-2+. The van der Waals surface area contributed by atoms with Gasteiger partial charge < -0.3 is 23.7 Å². The van der Waals surface area contributed by atoms with E-state index < -0.39 is 0 Å². The summed E-state index contributed by atoms with van der Waals surface area (Å²) in [5, 5.41) is 5.16. The number of benzene rings is 2. The lowest BCUT2D eigenvalue weighted by molar-refractivity contribution is -0.111. The fourth-order valence-corrected chi connectivity index (χ4v) is 3.95. The maximum atomic E-state index is 12.4. The number of nitrogens with zero attached hydrogens (tertiary/aromatic N) is 1.